The summed E-state index contributed by atoms with van der Waals surface area (Å²) in [6.45, 7) is 10.4. The van der Waals surface area contributed by atoms with E-state index in [1.807, 2.05) is 13.8 Å². The first-order valence-electron chi connectivity index (χ1n) is 5.77. The summed E-state index contributed by atoms with van der Waals surface area (Å²) in [6.07, 6.45) is 3.44. The monoisotopic (exact) mass is 215 g/mol. The first-order chi connectivity index (χ1) is 7.33. The van der Waals surface area contributed by atoms with E-state index in [-0.39, 0.29) is 0 Å². The minimum absolute atomic E-state index is 0.683. The summed E-state index contributed by atoms with van der Waals surface area (Å²) in [4.78, 5) is 2.29. The van der Waals surface area contributed by atoms with Crippen LogP contribution in [0.5, 0.6) is 0 Å². The van der Waals surface area contributed by atoms with E-state index in [2.05, 4.69) is 17.9 Å². The van der Waals surface area contributed by atoms with Crippen molar-refractivity contribution >= 4 is 0 Å². The molecule has 0 unspecified atom stereocenters. The van der Waals surface area contributed by atoms with Crippen LogP contribution in [-0.2, 0) is 9.47 Å². The molecule has 0 saturated carbocycles. The molecule has 1 rings (SSSR count). The average molecular weight is 215 g/mol. The highest BCUT2D eigenvalue weighted by Gasteiger charge is 2.07. The molecular formula is C12H25NO2. The number of methoxy groups -OCH3 is 1. The Kier molecular flexibility index (Phi) is 9.89. The average Bonchev–Trinajstić information content (AvgIpc) is 2.30. The number of hydrogen-bond acceptors (Lipinski definition) is 3. The van der Waals surface area contributed by atoms with Crippen LogP contribution in [0.4, 0.5) is 0 Å². The number of nitrogens with zero attached hydrogens (tertiary/aromatic N) is 1. The van der Waals surface area contributed by atoms with Gasteiger partial charge in [0.2, 0.25) is 0 Å². The fourth-order valence-corrected chi connectivity index (χ4v) is 1.27. The predicted molar refractivity (Wildman–Crippen MR) is 64.0 cm³/mol. The fraction of sp³-hybridized carbons (Fsp3) is 0.833. The molecule has 0 aliphatic carbocycles. The largest absolute Gasteiger partial charge is 0.382 e. The standard InChI is InChI=1S/C10H19NO2.C2H6/c1-10-3-5-11(6-4-10)9-13-8-7-12-2;1-2/h3H,4-9H2,1-2H3;1-2H3. The van der Waals surface area contributed by atoms with Crippen LogP contribution in [0.1, 0.15) is 27.2 Å². The second kappa shape index (κ2) is 10.1. The van der Waals surface area contributed by atoms with Crippen molar-refractivity contribution in [3.05, 3.63) is 11.6 Å². The van der Waals surface area contributed by atoms with Crippen LogP contribution in [-0.4, -0.2) is 45.0 Å². The third kappa shape index (κ3) is 7.54. The van der Waals surface area contributed by atoms with Crippen LogP contribution in [0.25, 0.3) is 0 Å². The van der Waals surface area contributed by atoms with Gasteiger partial charge in [-0.2, -0.15) is 0 Å². The third-order valence-electron chi connectivity index (χ3n) is 2.23. The summed E-state index contributed by atoms with van der Waals surface area (Å²) in [6, 6.07) is 0. The second-order valence-electron chi connectivity index (χ2n) is 3.41. The van der Waals surface area contributed by atoms with E-state index in [9.17, 15) is 0 Å². The van der Waals surface area contributed by atoms with Crippen molar-refractivity contribution in [2.24, 2.45) is 0 Å². The molecule has 0 aromatic carbocycles. The van der Waals surface area contributed by atoms with Gasteiger partial charge < -0.3 is 9.47 Å². The van der Waals surface area contributed by atoms with Gasteiger partial charge in [0.15, 0.2) is 0 Å². The minimum Gasteiger partial charge on any atom is -0.382 e. The summed E-state index contributed by atoms with van der Waals surface area (Å²) in [5.41, 5.74) is 1.49. The lowest BCUT2D eigenvalue weighted by atomic mass is 10.1. The van der Waals surface area contributed by atoms with Gasteiger partial charge in [0.05, 0.1) is 19.9 Å². The van der Waals surface area contributed by atoms with Gasteiger partial charge in [0.1, 0.15) is 0 Å². The van der Waals surface area contributed by atoms with E-state index in [1.165, 1.54) is 12.0 Å². The van der Waals surface area contributed by atoms with Gasteiger partial charge in [0.25, 0.3) is 0 Å². The van der Waals surface area contributed by atoms with Gasteiger partial charge in [-0.25, -0.2) is 0 Å². The van der Waals surface area contributed by atoms with E-state index >= 15 is 0 Å². The lowest BCUT2D eigenvalue weighted by molar-refractivity contribution is 0.00656. The van der Waals surface area contributed by atoms with Crippen molar-refractivity contribution in [1.29, 1.82) is 0 Å². The smallest absolute Gasteiger partial charge is 0.0994 e. The molecule has 90 valence electrons. The van der Waals surface area contributed by atoms with Gasteiger partial charge in [-0.15, -0.1) is 0 Å². The number of ether oxygens (including phenoxy) is 2. The predicted octanol–water partition coefficient (Wildman–Crippen LogP) is 2.29. The molecular weight excluding hydrogens is 190 g/mol. The summed E-state index contributed by atoms with van der Waals surface area (Å²) < 4.78 is 10.3. The molecule has 1 aliphatic rings. The lowest BCUT2D eigenvalue weighted by Crippen LogP contribution is -2.31. The fourth-order valence-electron chi connectivity index (χ4n) is 1.27. The Morgan fingerprint density at radius 1 is 1.33 bits per heavy atom. The Hall–Kier alpha value is -0.380. The molecule has 0 aromatic heterocycles. The summed E-state index contributed by atoms with van der Waals surface area (Å²) in [5, 5.41) is 0. The molecule has 0 amide bonds. The maximum absolute atomic E-state index is 5.42. The van der Waals surface area contributed by atoms with E-state index < -0.39 is 0 Å². The molecule has 15 heavy (non-hydrogen) atoms. The zero-order valence-corrected chi connectivity index (χ0v) is 10.6. The van der Waals surface area contributed by atoms with Gasteiger partial charge >= 0.3 is 0 Å². The van der Waals surface area contributed by atoms with E-state index in [0.29, 0.717) is 13.2 Å². The zero-order chi connectivity index (χ0) is 11.5. The molecule has 0 saturated heterocycles. The number of hydrogen-bond donors (Lipinski definition) is 0. The van der Waals surface area contributed by atoms with Crippen LogP contribution in [0.15, 0.2) is 11.6 Å². The Morgan fingerprint density at radius 3 is 2.60 bits per heavy atom. The van der Waals surface area contributed by atoms with Crippen LogP contribution in [0.2, 0.25) is 0 Å². The highest BCUT2D eigenvalue weighted by atomic mass is 16.5. The Balaban J connectivity index is 0.000000921. The Morgan fingerprint density at radius 2 is 2.07 bits per heavy atom. The summed E-state index contributed by atoms with van der Waals surface area (Å²) in [7, 11) is 1.69. The van der Waals surface area contributed by atoms with Gasteiger partial charge in [0, 0.05) is 20.2 Å². The molecule has 0 spiro atoms. The van der Waals surface area contributed by atoms with Crippen molar-refractivity contribution in [1.82, 2.24) is 4.90 Å². The second-order valence-corrected chi connectivity index (χ2v) is 3.41. The lowest BCUT2D eigenvalue weighted by Gasteiger charge is -2.24. The van der Waals surface area contributed by atoms with Gasteiger partial charge in [-0.1, -0.05) is 25.5 Å². The topological polar surface area (TPSA) is 21.7 Å². The van der Waals surface area contributed by atoms with E-state index in [4.69, 9.17) is 9.47 Å². The first kappa shape index (κ1) is 14.6. The van der Waals surface area contributed by atoms with E-state index in [0.717, 1.165) is 19.8 Å². The van der Waals surface area contributed by atoms with Crippen LogP contribution >= 0.6 is 0 Å². The highest BCUT2D eigenvalue weighted by Crippen LogP contribution is 2.08. The first-order valence-corrected chi connectivity index (χ1v) is 5.77. The van der Waals surface area contributed by atoms with Crippen molar-refractivity contribution in [3.63, 3.8) is 0 Å². The molecule has 0 bridgehead atoms. The molecule has 0 radical (unpaired) electrons. The molecule has 0 fully saturated rings. The minimum atomic E-state index is 0.683. The molecule has 3 nitrogen and oxygen atoms in total. The van der Waals surface area contributed by atoms with Crippen molar-refractivity contribution < 1.29 is 9.47 Å². The zero-order valence-electron chi connectivity index (χ0n) is 10.6. The van der Waals surface area contributed by atoms with Crippen molar-refractivity contribution in [2.45, 2.75) is 27.2 Å². The molecule has 0 atom stereocenters. The van der Waals surface area contributed by atoms with Crippen molar-refractivity contribution in [2.75, 3.05) is 40.1 Å². The molecule has 0 aromatic rings. The van der Waals surface area contributed by atoms with Crippen LogP contribution in [0.3, 0.4) is 0 Å². The molecule has 3 heteroatoms. The highest BCUT2D eigenvalue weighted by molar-refractivity contribution is 5.03. The molecule has 1 heterocycles. The number of rotatable bonds is 5. The summed E-state index contributed by atoms with van der Waals surface area (Å²) >= 11 is 0. The van der Waals surface area contributed by atoms with Crippen LogP contribution in [0, 0.1) is 0 Å². The quantitative estimate of drug-likeness (QED) is 0.519. The van der Waals surface area contributed by atoms with Crippen LogP contribution < -0.4 is 0 Å². The molecule has 1 aliphatic heterocycles. The van der Waals surface area contributed by atoms with Crippen molar-refractivity contribution in [3.8, 4) is 0 Å². The maximum atomic E-state index is 5.42. The maximum Gasteiger partial charge on any atom is 0.0994 e. The van der Waals surface area contributed by atoms with Gasteiger partial charge in [-0.3, -0.25) is 4.90 Å². The van der Waals surface area contributed by atoms with Gasteiger partial charge in [-0.05, 0) is 13.3 Å². The normalized spacial score (nSPS) is 16.7. The Bertz CT molecular complexity index is 169. The Labute approximate surface area is 94.1 Å². The third-order valence-corrected chi connectivity index (χ3v) is 2.23. The summed E-state index contributed by atoms with van der Waals surface area (Å²) in [5.74, 6) is 0. The SMILES string of the molecule is CC.COCCOCN1CC=C(C)CC1. The van der Waals surface area contributed by atoms with E-state index in [1.54, 1.807) is 7.11 Å². The molecule has 0 N–H and O–H groups in total.